The highest BCUT2D eigenvalue weighted by Gasteiger charge is 2.31. The van der Waals surface area contributed by atoms with E-state index < -0.39 is 27.8 Å². The van der Waals surface area contributed by atoms with Gasteiger partial charge in [-0.3, -0.25) is 0 Å². The zero-order valence-corrected chi connectivity index (χ0v) is 15.0. The minimum absolute atomic E-state index is 0.0159. The van der Waals surface area contributed by atoms with Gasteiger partial charge in [0, 0.05) is 38.7 Å². The molecule has 27 heavy (non-hydrogen) atoms. The number of nitrogens with zero attached hydrogens (tertiary/aromatic N) is 1. The first-order chi connectivity index (χ1) is 12.7. The minimum atomic E-state index is -3.76. The predicted octanol–water partition coefficient (Wildman–Crippen LogP) is 2.72. The van der Waals surface area contributed by atoms with E-state index in [0.717, 1.165) is 17.5 Å². The summed E-state index contributed by atoms with van der Waals surface area (Å²) < 4.78 is 54.3. The van der Waals surface area contributed by atoms with Crippen molar-refractivity contribution in [2.75, 3.05) is 0 Å². The number of aliphatic hydroxyl groups excluding tert-OH is 1. The highest BCUT2D eigenvalue weighted by Crippen LogP contribution is 2.42. The van der Waals surface area contributed by atoms with Gasteiger partial charge < -0.3 is 14.8 Å². The van der Waals surface area contributed by atoms with Gasteiger partial charge in [0.05, 0.1) is 11.4 Å². The van der Waals surface area contributed by atoms with Gasteiger partial charge in [-0.05, 0) is 43.3 Å². The van der Waals surface area contributed by atoms with Crippen LogP contribution in [0.4, 0.5) is 8.78 Å². The van der Waals surface area contributed by atoms with Crippen molar-refractivity contribution in [1.82, 2.24) is 4.57 Å². The molecule has 2 heterocycles. The van der Waals surface area contributed by atoms with E-state index in [0.29, 0.717) is 22.2 Å². The molecule has 140 valence electrons. The second-order valence-corrected chi connectivity index (χ2v) is 8.20. The molecule has 1 aromatic heterocycles. The van der Waals surface area contributed by atoms with Crippen molar-refractivity contribution in [3.63, 3.8) is 0 Å². The lowest BCUT2D eigenvalue weighted by molar-refractivity contribution is -0.0508. The van der Waals surface area contributed by atoms with Crippen molar-refractivity contribution in [1.29, 1.82) is 0 Å². The third-order valence-corrected chi connectivity index (χ3v) is 6.23. The van der Waals surface area contributed by atoms with Crippen molar-refractivity contribution < 1.29 is 27.4 Å². The first kappa shape index (κ1) is 17.8. The molecule has 0 saturated carbocycles. The van der Waals surface area contributed by atoms with E-state index in [-0.39, 0.29) is 22.6 Å². The van der Waals surface area contributed by atoms with Gasteiger partial charge in [0.15, 0.2) is 6.29 Å². The van der Waals surface area contributed by atoms with E-state index >= 15 is 0 Å². The maximum absolute atomic E-state index is 13.9. The second-order valence-electron chi connectivity index (χ2n) is 6.43. The largest absolute Gasteiger partial charge is 0.367 e. The Morgan fingerprint density at radius 2 is 1.74 bits per heavy atom. The van der Waals surface area contributed by atoms with Crippen LogP contribution in [-0.4, -0.2) is 29.5 Å². The molecular weight excluding hydrogens is 376 g/mol. The number of hydrogen-bond acceptors (Lipinski definition) is 4. The summed E-state index contributed by atoms with van der Waals surface area (Å²) in [7, 11) is -3.76. The maximum atomic E-state index is 13.9. The van der Waals surface area contributed by atoms with Gasteiger partial charge in [-0.1, -0.05) is 0 Å². The molecule has 0 bridgehead atoms. The topological polar surface area (TPSA) is 79.5 Å². The van der Waals surface area contributed by atoms with Crippen molar-refractivity contribution in [2.24, 2.45) is 0 Å². The zero-order chi connectivity index (χ0) is 19.5. The minimum Gasteiger partial charge on any atom is -0.367 e. The molecule has 0 spiro atoms. The Morgan fingerprint density at radius 3 is 2.44 bits per heavy atom. The number of hydrogen-bond donors (Lipinski definition) is 2. The fourth-order valence-electron chi connectivity index (χ4n) is 3.63. The first-order valence-corrected chi connectivity index (χ1v) is 9.65. The number of aliphatic hydroxyl groups is 2. The standard InChI is InChI=1S/C19H15F2NO4S/c1-10-19(14-7-11(20)2-4-16(14)22(10)8-18(23)24)15-9-27(25,26)17-5-3-12(21)6-13(15)17/h2-7,9,18,23-24H,8H2,1H3. The van der Waals surface area contributed by atoms with Crippen molar-refractivity contribution in [3.8, 4) is 0 Å². The summed E-state index contributed by atoms with van der Waals surface area (Å²) in [6.45, 7) is 1.49. The molecule has 5 nitrogen and oxygen atoms in total. The Labute approximate surface area is 153 Å². The lowest BCUT2D eigenvalue weighted by atomic mass is 9.97. The van der Waals surface area contributed by atoms with Crippen LogP contribution in [0.15, 0.2) is 46.7 Å². The normalized spacial score (nSPS) is 15.4. The van der Waals surface area contributed by atoms with Crippen LogP contribution in [0.5, 0.6) is 0 Å². The molecule has 0 amide bonds. The molecule has 8 heteroatoms. The van der Waals surface area contributed by atoms with Crippen LogP contribution < -0.4 is 0 Å². The summed E-state index contributed by atoms with van der Waals surface area (Å²) in [5.74, 6) is -1.11. The molecule has 0 radical (unpaired) electrons. The summed E-state index contributed by atoms with van der Waals surface area (Å²) >= 11 is 0. The number of halogens is 2. The smallest absolute Gasteiger partial charge is 0.201 e. The average molecular weight is 391 g/mol. The molecular formula is C19H15F2NO4S. The molecule has 4 rings (SSSR count). The third kappa shape index (κ3) is 2.77. The van der Waals surface area contributed by atoms with Crippen molar-refractivity contribution in [2.45, 2.75) is 24.7 Å². The summed E-state index contributed by atoms with van der Waals surface area (Å²) in [4.78, 5) is -0.0159. The summed E-state index contributed by atoms with van der Waals surface area (Å²) in [6.07, 6.45) is -1.65. The second kappa shape index (κ2) is 5.98. The van der Waals surface area contributed by atoms with Gasteiger partial charge in [0.1, 0.15) is 11.6 Å². The summed E-state index contributed by atoms with van der Waals surface area (Å²) in [6, 6.07) is 7.39. The third-order valence-electron chi connectivity index (χ3n) is 4.71. The van der Waals surface area contributed by atoms with Gasteiger partial charge in [-0.2, -0.15) is 0 Å². The van der Waals surface area contributed by atoms with Crippen LogP contribution in [0, 0.1) is 18.6 Å². The number of benzene rings is 2. The molecule has 0 aliphatic carbocycles. The number of rotatable bonds is 3. The van der Waals surface area contributed by atoms with E-state index in [2.05, 4.69) is 0 Å². The van der Waals surface area contributed by atoms with Gasteiger partial charge in [0.2, 0.25) is 9.84 Å². The molecule has 1 aliphatic heterocycles. The first-order valence-electron chi connectivity index (χ1n) is 8.10. The fraction of sp³-hybridized carbons (Fsp3) is 0.158. The van der Waals surface area contributed by atoms with Crippen LogP contribution in [0.3, 0.4) is 0 Å². The van der Waals surface area contributed by atoms with E-state index in [1.807, 2.05) is 0 Å². The van der Waals surface area contributed by atoms with E-state index in [4.69, 9.17) is 0 Å². The highest BCUT2D eigenvalue weighted by molar-refractivity contribution is 7.95. The molecule has 0 unspecified atom stereocenters. The van der Waals surface area contributed by atoms with E-state index in [9.17, 15) is 27.4 Å². The Hall–Kier alpha value is -2.55. The summed E-state index contributed by atoms with van der Waals surface area (Å²) in [5, 5.41) is 20.2. The molecule has 3 aromatic rings. The fourth-order valence-corrected chi connectivity index (χ4v) is 5.04. The highest BCUT2D eigenvalue weighted by atomic mass is 32.2. The summed E-state index contributed by atoms with van der Waals surface area (Å²) in [5.41, 5.74) is 1.90. The molecule has 2 aromatic carbocycles. The Bertz CT molecular complexity index is 1230. The number of aromatic nitrogens is 1. The van der Waals surface area contributed by atoms with Gasteiger partial charge in [-0.25, -0.2) is 17.2 Å². The van der Waals surface area contributed by atoms with Gasteiger partial charge in [0.25, 0.3) is 0 Å². The van der Waals surface area contributed by atoms with E-state index in [1.54, 1.807) is 11.5 Å². The molecule has 0 saturated heterocycles. The van der Waals surface area contributed by atoms with Crippen LogP contribution in [0.25, 0.3) is 16.5 Å². The van der Waals surface area contributed by atoms with Crippen LogP contribution in [0.2, 0.25) is 0 Å². The van der Waals surface area contributed by atoms with Crippen LogP contribution in [-0.2, 0) is 16.4 Å². The quantitative estimate of drug-likeness (QED) is 0.532. The van der Waals surface area contributed by atoms with Crippen LogP contribution in [0.1, 0.15) is 16.8 Å². The van der Waals surface area contributed by atoms with Gasteiger partial charge >= 0.3 is 0 Å². The van der Waals surface area contributed by atoms with Crippen molar-refractivity contribution in [3.05, 3.63) is 70.3 Å². The van der Waals surface area contributed by atoms with Gasteiger partial charge in [-0.15, -0.1) is 0 Å². The molecule has 0 fully saturated rings. The Balaban J connectivity index is 2.08. The lowest BCUT2D eigenvalue weighted by Crippen LogP contribution is -2.15. The molecule has 2 N–H and O–H groups in total. The predicted molar refractivity (Wildman–Crippen MR) is 95.5 cm³/mol. The monoisotopic (exact) mass is 391 g/mol. The van der Waals surface area contributed by atoms with Crippen molar-refractivity contribution >= 4 is 26.3 Å². The molecule has 0 atom stereocenters. The maximum Gasteiger partial charge on any atom is 0.201 e. The Morgan fingerprint density at radius 1 is 1.07 bits per heavy atom. The SMILES string of the molecule is Cc1c(C2=CS(=O)(=O)c3ccc(F)cc32)c2cc(F)ccc2n1CC(O)O. The average Bonchev–Trinajstić information content (AvgIpc) is 2.98. The van der Waals surface area contributed by atoms with Crippen LogP contribution >= 0.6 is 0 Å². The zero-order valence-electron chi connectivity index (χ0n) is 14.1. The molecule has 1 aliphatic rings. The Kier molecular flexibility index (Phi) is 3.95. The number of sulfone groups is 1. The number of fused-ring (bicyclic) bond motifs is 2. The lowest BCUT2D eigenvalue weighted by Gasteiger charge is -2.10. The van der Waals surface area contributed by atoms with E-state index in [1.165, 1.54) is 24.3 Å².